The Morgan fingerprint density at radius 2 is 2.17 bits per heavy atom. The van der Waals surface area contributed by atoms with Gasteiger partial charge in [-0.25, -0.2) is 0 Å². The third-order valence-electron chi connectivity index (χ3n) is 3.42. The standard InChI is InChI=1S/C16H20N2/c1-4-8-14(5-2)17-11-13-12-18(3)16-10-7-6-9-15(13)16/h1,6-7,9-10,12,14,17H,5,8,11H2,2-3H3. The van der Waals surface area contributed by atoms with Gasteiger partial charge in [0.1, 0.15) is 0 Å². The number of nitrogens with one attached hydrogen (secondary N) is 1. The van der Waals surface area contributed by atoms with Gasteiger partial charge in [0.05, 0.1) is 0 Å². The summed E-state index contributed by atoms with van der Waals surface area (Å²) in [5.74, 6) is 2.73. The highest BCUT2D eigenvalue weighted by Gasteiger charge is 2.08. The second-order valence-corrected chi connectivity index (χ2v) is 4.68. The van der Waals surface area contributed by atoms with E-state index < -0.39 is 0 Å². The number of benzene rings is 1. The quantitative estimate of drug-likeness (QED) is 0.795. The van der Waals surface area contributed by atoms with E-state index in [9.17, 15) is 0 Å². The molecule has 0 aliphatic rings. The number of para-hydroxylation sites is 1. The molecule has 94 valence electrons. The zero-order chi connectivity index (χ0) is 13.0. The molecule has 0 fully saturated rings. The van der Waals surface area contributed by atoms with Crippen LogP contribution < -0.4 is 5.32 Å². The average molecular weight is 240 g/mol. The predicted octanol–water partition coefficient (Wildman–Crippen LogP) is 3.07. The maximum absolute atomic E-state index is 5.37. The lowest BCUT2D eigenvalue weighted by Crippen LogP contribution is -2.27. The molecule has 2 heteroatoms. The molecule has 1 N–H and O–H groups in total. The number of fused-ring (bicyclic) bond motifs is 1. The second-order valence-electron chi connectivity index (χ2n) is 4.68. The van der Waals surface area contributed by atoms with Crippen molar-refractivity contribution in [3.63, 3.8) is 0 Å². The highest BCUT2D eigenvalue weighted by atomic mass is 14.9. The maximum Gasteiger partial charge on any atom is 0.0481 e. The van der Waals surface area contributed by atoms with E-state index >= 15 is 0 Å². The van der Waals surface area contributed by atoms with Crippen molar-refractivity contribution in [1.82, 2.24) is 9.88 Å². The van der Waals surface area contributed by atoms with Gasteiger partial charge in [0.15, 0.2) is 0 Å². The molecule has 1 atom stereocenters. The van der Waals surface area contributed by atoms with Gasteiger partial charge in [-0.05, 0) is 18.1 Å². The number of hydrogen-bond donors (Lipinski definition) is 1. The normalized spacial score (nSPS) is 12.5. The van der Waals surface area contributed by atoms with Crippen LogP contribution in [0.3, 0.4) is 0 Å². The van der Waals surface area contributed by atoms with Crippen LogP contribution in [0.15, 0.2) is 30.5 Å². The Morgan fingerprint density at radius 3 is 2.89 bits per heavy atom. The lowest BCUT2D eigenvalue weighted by atomic mass is 10.1. The molecule has 0 saturated heterocycles. The van der Waals surface area contributed by atoms with Gasteiger partial charge in [-0.2, -0.15) is 0 Å². The number of terminal acetylenes is 1. The van der Waals surface area contributed by atoms with Crippen LogP contribution >= 0.6 is 0 Å². The first-order valence-electron chi connectivity index (χ1n) is 6.46. The molecule has 0 aliphatic heterocycles. The van der Waals surface area contributed by atoms with Crippen LogP contribution in [0.5, 0.6) is 0 Å². The van der Waals surface area contributed by atoms with E-state index in [4.69, 9.17) is 6.42 Å². The van der Waals surface area contributed by atoms with E-state index in [1.807, 2.05) is 0 Å². The van der Waals surface area contributed by atoms with Crippen LogP contribution in [0.4, 0.5) is 0 Å². The summed E-state index contributed by atoms with van der Waals surface area (Å²) in [6, 6.07) is 8.90. The molecule has 1 unspecified atom stereocenters. The van der Waals surface area contributed by atoms with Crippen molar-refractivity contribution >= 4 is 10.9 Å². The monoisotopic (exact) mass is 240 g/mol. The minimum Gasteiger partial charge on any atom is -0.350 e. The van der Waals surface area contributed by atoms with Gasteiger partial charge in [0.2, 0.25) is 0 Å². The summed E-state index contributed by atoms with van der Waals surface area (Å²) in [6.07, 6.45) is 9.43. The number of aromatic nitrogens is 1. The Balaban J connectivity index is 2.15. The summed E-state index contributed by atoms with van der Waals surface area (Å²) in [5.41, 5.74) is 2.61. The van der Waals surface area contributed by atoms with Crippen LogP contribution in [-0.2, 0) is 13.6 Å². The number of hydrogen-bond acceptors (Lipinski definition) is 1. The Bertz CT molecular complexity index is 560. The minimum atomic E-state index is 0.411. The summed E-state index contributed by atoms with van der Waals surface area (Å²) in [5, 5.41) is 4.86. The molecule has 1 aromatic carbocycles. The molecular formula is C16H20N2. The van der Waals surface area contributed by atoms with E-state index in [1.165, 1.54) is 16.5 Å². The molecule has 0 bridgehead atoms. The van der Waals surface area contributed by atoms with Gasteiger partial charge >= 0.3 is 0 Å². The fourth-order valence-corrected chi connectivity index (χ4v) is 2.32. The highest BCUT2D eigenvalue weighted by molar-refractivity contribution is 5.83. The maximum atomic E-state index is 5.37. The second kappa shape index (κ2) is 5.75. The van der Waals surface area contributed by atoms with Crippen molar-refractivity contribution in [3.05, 3.63) is 36.0 Å². The summed E-state index contributed by atoms with van der Waals surface area (Å²) >= 11 is 0. The average Bonchev–Trinajstić information content (AvgIpc) is 2.72. The summed E-state index contributed by atoms with van der Waals surface area (Å²) in [7, 11) is 2.09. The Labute approximate surface area is 109 Å². The van der Waals surface area contributed by atoms with Crippen LogP contribution in [-0.4, -0.2) is 10.6 Å². The van der Waals surface area contributed by atoms with Crippen molar-refractivity contribution in [2.24, 2.45) is 7.05 Å². The fourth-order valence-electron chi connectivity index (χ4n) is 2.32. The molecular weight excluding hydrogens is 220 g/mol. The molecule has 0 saturated carbocycles. The van der Waals surface area contributed by atoms with E-state index in [0.29, 0.717) is 6.04 Å². The smallest absolute Gasteiger partial charge is 0.0481 e. The molecule has 2 aromatic rings. The van der Waals surface area contributed by atoms with Crippen molar-refractivity contribution in [2.45, 2.75) is 32.4 Å². The Kier molecular flexibility index (Phi) is 4.07. The summed E-state index contributed by atoms with van der Waals surface area (Å²) in [4.78, 5) is 0. The van der Waals surface area contributed by atoms with Crippen LogP contribution in [0, 0.1) is 12.3 Å². The first-order valence-corrected chi connectivity index (χ1v) is 6.46. The third-order valence-corrected chi connectivity index (χ3v) is 3.42. The Morgan fingerprint density at radius 1 is 1.39 bits per heavy atom. The summed E-state index contributed by atoms with van der Waals surface area (Å²) in [6.45, 7) is 3.04. The van der Waals surface area contributed by atoms with E-state index in [-0.39, 0.29) is 0 Å². The lowest BCUT2D eigenvalue weighted by molar-refractivity contribution is 0.507. The van der Waals surface area contributed by atoms with Crippen LogP contribution in [0.25, 0.3) is 10.9 Å². The molecule has 1 heterocycles. The van der Waals surface area contributed by atoms with Gasteiger partial charge in [-0.15, -0.1) is 12.3 Å². The first-order chi connectivity index (χ1) is 8.76. The van der Waals surface area contributed by atoms with Gasteiger partial charge < -0.3 is 9.88 Å². The molecule has 0 amide bonds. The number of aryl methyl sites for hydroxylation is 1. The minimum absolute atomic E-state index is 0.411. The SMILES string of the molecule is C#CCC(CC)NCc1cn(C)c2ccccc12. The van der Waals surface area contributed by atoms with E-state index in [1.54, 1.807) is 0 Å². The van der Waals surface area contributed by atoms with Crippen LogP contribution in [0.1, 0.15) is 25.3 Å². The highest BCUT2D eigenvalue weighted by Crippen LogP contribution is 2.20. The number of rotatable bonds is 5. The van der Waals surface area contributed by atoms with Gasteiger partial charge in [-0.1, -0.05) is 25.1 Å². The molecule has 0 radical (unpaired) electrons. The predicted molar refractivity (Wildman–Crippen MR) is 77.3 cm³/mol. The zero-order valence-electron chi connectivity index (χ0n) is 11.1. The van der Waals surface area contributed by atoms with Gasteiger partial charge in [-0.3, -0.25) is 0 Å². The first kappa shape index (κ1) is 12.7. The zero-order valence-corrected chi connectivity index (χ0v) is 11.1. The van der Waals surface area contributed by atoms with Gasteiger partial charge in [0.25, 0.3) is 0 Å². The fraction of sp³-hybridized carbons (Fsp3) is 0.375. The molecule has 2 nitrogen and oxygen atoms in total. The van der Waals surface area contributed by atoms with Crippen molar-refractivity contribution in [2.75, 3.05) is 0 Å². The largest absolute Gasteiger partial charge is 0.350 e. The van der Waals surface area contributed by atoms with Crippen molar-refractivity contribution < 1.29 is 0 Å². The topological polar surface area (TPSA) is 17.0 Å². The number of nitrogens with zero attached hydrogens (tertiary/aromatic N) is 1. The Hall–Kier alpha value is -1.72. The third kappa shape index (κ3) is 2.57. The molecule has 0 aliphatic carbocycles. The lowest BCUT2D eigenvalue weighted by Gasteiger charge is -2.13. The van der Waals surface area contributed by atoms with E-state index in [2.05, 4.69) is 60.2 Å². The van der Waals surface area contributed by atoms with Gasteiger partial charge in [0, 0.05) is 43.2 Å². The molecule has 1 aromatic heterocycles. The molecule has 2 rings (SSSR count). The van der Waals surface area contributed by atoms with Crippen molar-refractivity contribution in [3.8, 4) is 12.3 Å². The van der Waals surface area contributed by atoms with Crippen LogP contribution in [0.2, 0.25) is 0 Å². The molecule has 0 spiro atoms. The summed E-state index contributed by atoms with van der Waals surface area (Å²) < 4.78 is 2.18. The van der Waals surface area contributed by atoms with Crippen molar-refractivity contribution in [1.29, 1.82) is 0 Å². The van der Waals surface area contributed by atoms with E-state index in [0.717, 1.165) is 19.4 Å². The molecule has 18 heavy (non-hydrogen) atoms.